The van der Waals surface area contributed by atoms with Crippen molar-refractivity contribution in [3.8, 4) is 0 Å². The summed E-state index contributed by atoms with van der Waals surface area (Å²) in [7, 11) is 0. The van der Waals surface area contributed by atoms with Gasteiger partial charge in [0.2, 0.25) is 0 Å². The first-order valence-corrected chi connectivity index (χ1v) is 12.1. The van der Waals surface area contributed by atoms with Gasteiger partial charge in [-0.1, -0.05) is 74.1 Å². The van der Waals surface area contributed by atoms with Crippen molar-refractivity contribution < 1.29 is 19.1 Å². The van der Waals surface area contributed by atoms with Gasteiger partial charge in [0.15, 0.2) is 0 Å². The van der Waals surface area contributed by atoms with E-state index in [1.165, 1.54) is 102 Å². The lowest BCUT2D eigenvalue weighted by molar-refractivity contribution is -0.929. The van der Waals surface area contributed by atoms with E-state index in [1.54, 1.807) is 0 Å². The minimum Gasteiger partial charge on any atom is -1.00 e. The molecule has 0 spiro atoms. The fourth-order valence-electron chi connectivity index (χ4n) is 3.32. The number of halogens is 1. The Hall–Kier alpha value is -0.680. The van der Waals surface area contributed by atoms with Crippen molar-refractivity contribution in [1.82, 2.24) is 4.90 Å². The summed E-state index contributed by atoms with van der Waals surface area (Å²) in [6, 6.07) is 0. The summed E-state index contributed by atoms with van der Waals surface area (Å²) in [5.41, 5.74) is 0. The number of carboxylic acid groups (broad SMARTS) is 1. The number of aliphatic carboxylic acids is 1. The van der Waals surface area contributed by atoms with Crippen molar-refractivity contribution in [3.05, 3.63) is 0 Å². The Bertz CT molecular complexity index is 264. The zero-order valence-corrected chi connectivity index (χ0v) is 21.2. The summed E-state index contributed by atoms with van der Waals surface area (Å²) in [4.78, 5) is 11.4. The molecule has 1 N–H and O–H groups in total. The first-order valence-electron chi connectivity index (χ1n) is 12.1. The predicted molar refractivity (Wildman–Crippen MR) is 126 cm³/mol. The molecule has 0 bridgehead atoms. The lowest BCUT2D eigenvalue weighted by Crippen LogP contribution is -3.00. The molecule has 180 valence electrons. The molecule has 29 heavy (non-hydrogen) atoms. The number of unbranched alkanes of at least 4 members (excludes halogenated alkanes) is 4. The monoisotopic (exact) mass is 422 g/mol. The molecule has 0 aliphatic rings. The Labute approximate surface area is 183 Å². The molecule has 0 heterocycles. The molecule has 0 aromatic heterocycles. The fraction of sp³-hybridized carbons (Fsp3) is 0.958. The summed E-state index contributed by atoms with van der Waals surface area (Å²) in [6.07, 6.45) is 11.1. The number of rotatable bonds is 15. The number of nitrogens with zero attached hydrogens (tertiary/aromatic N) is 2. The third-order valence-corrected chi connectivity index (χ3v) is 5.29. The van der Waals surface area contributed by atoms with Gasteiger partial charge in [-0.2, -0.15) is 0 Å². The molecule has 0 atom stereocenters. The highest BCUT2D eigenvalue weighted by molar-refractivity contribution is 5.62. The summed E-state index contributed by atoms with van der Waals surface area (Å²) >= 11 is 0. The van der Waals surface area contributed by atoms with Crippen molar-refractivity contribution >= 4 is 5.97 Å². The highest BCUT2D eigenvalue weighted by Gasteiger charge is 2.24. The minimum absolute atomic E-state index is 0. The van der Waals surface area contributed by atoms with Crippen LogP contribution in [0.5, 0.6) is 0 Å². The van der Waals surface area contributed by atoms with Crippen LogP contribution >= 0.6 is 0 Å². The van der Waals surface area contributed by atoms with Gasteiger partial charge in [-0.15, -0.1) is 0 Å². The van der Waals surface area contributed by atoms with Gasteiger partial charge in [0.25, 0.3) is 5.97 Å². The van der Waals surface area contributed by atoms with Crippen LogP contribution in [0, 0.1) is 0 Å². The quantitative estimate of drug-likeness (QED) is 0.411. The lowest BCUT2D eigenvalue weighted by atomic mass is 10.1. The van der Waals surface area contributed by atoms with E-state index in [0.29, 0.717) is 0 Å². The Morgan fingerprint density at radius 3 is 0.966 bits per heavy atom. The molecule has 0 aliphatic heterocycles. The van der Waals surface area contributed by atoms with Crippen molar-refractivity contribution in [2.45, 2.75) is 107 Å². The Morgan fingerprint density at radius 1 is 0.655 bits per heavy atom. The Kier molecular flexibility index (Phi) is 33.7. The highest BCUT2D eigenvalue weighted by atomic mass is 19.0. The SMILES string of the molecule is CC(=O)O.CCCC[N+](CCCC)(CCCC)CCCC.CCN(CC)CC.[F-]. The fourth-order valence-corrected chi connectivity index (χ4v) is 3.32. The molecule has 0 saturated heterocycles. The Morgan fingerprint density at radius 2 is 0.862 bits per heavy atom. The summed E-state index contributed by atoms with van der Waals surface area (Å²) in [6.45, 7) is 26.2. The van der Waals surface area contributed by atoms with E-state index < -0.39 is 5.97 Å². The average Bonchev–Trinajstić information content (AvgIpc) is 2.68. The van der Waals surface area contributed by atoms with Gasteiger partial charge in [-0.25, -0.2) is 0 Å². The van der Waals surface area contributed by atoms with Gasteiger partial charge >= 0.3 is 0 Å². The molecule has 0 amide bonds. The minimum atomic E-state index is -0.833. The molecule has 0 fully saturated rings. The molecule has 0 rings (SSSR count). The number of hydrogen-bond acceptors (Lipinski definition) is 2. The van der Waals surface area contributed by atoms with Crippen LogP contribution < -0.4 is 4.70 Å². The predicted octanol–water partition coefficient (Wildman–Crippen LogP) is 3.45. The van der Waals surface area contributed by atoms with Crippen LogP contribution in [0.15, 0.2) is 0 Å². The number of carbonyl (C=O) groups is 1. The second-order valence-corrected chi connectivity index (χ2v) is 7.79. The summed E-state index contributed by atoms with van der Waals surface area (Å²) in [5.74, 6) is -0.833. The van der Waals surface area contributed by atoms with Gasteiger partial charge in [0.05, 0.1) is 26.2 Å². The van der Waals surface area contributed by atoms with Crippen molar-refractivity contribution in [3.63, 3.8) is 0 Å². The molecule has 0 radical (unpaired) electrons. The number of carboxylic acids is 1. The van der Waals surface area contributed by atoms with Crippen LogP contribution in [-0.2, 0) is 4.79 Å². The lowest BCUT2D eigenvalue weighted by Gasteiger charge is -2.39. The first-order chi connectivity index (χ1) is 13.3. The van der Waals surface area contributed by atoms with E-state index in [9.17, 15) is 0 Å². The Balaban J connectivity index is -0.000000216. The molecule has 4 nitrogen and oxygen atoms in total. The van der Waals surface area contributed by atoms with Gasteiger partial charge in [-0.3, -0.25) is 4.79 Å². The molecule has 0 unspecified atom stereocenters. The summed E-state index contributed by atoms with van der Waals surface area (Å²) in [5, 5.41) is 7.42. The molecule has 0 aromatic carbocycles. The van der Waals surface area contributed by atoms with E-state index in [0.717, 1.165) is 6.92 Å². The zero-order valence-electron chi connectivity index (χ0n) is 21.2. The van der Waals surface area contributed by atoms with E-state index in [-0.39, 0.29) is 4.70 Å². The molecule has 5 heteroatoms. The highest BCUT2D eigenvalue weighted by Crippen LogP contribution is 2.16. The van der Waals surface area contributed by atoms with Gasteiger partial charge in [0, 0.05) is 6.92 Å². The van der Waals surface area contributed by atoms with Crippen LogP contribution in [0.1, 0.15) is 107 Å². The van der Waals surface area contributed by atoms with E-state index in [2.05, 4.69) is 53.4 Å². The van der Waals surface area contributed by atoms with Crippen LogP contribution in [0.4, 0.5) is 0 Å². The topological polar surface area (TPSA) is 40.5 Å². The molecule has 0 aromatic rings. The zero-order chi connectivity index (χ0) is 22.3. The maximum atomic E-state index is 9.00. The largest absolute Gasteiger partial charge is 1.00 e. The van der Waals surface area contributed by atoms with Crippen molar-refractivity contribution in [2.24, 2.45) is 0 Å². The van der Waals surface area contributed by atoms with Crippen LogP contribution in [-0.4, -0.2) is 66.3 Å². The second kappa shape index (κ2) is 27.3. The molecular weight excluding hydrogens is 367 g/mol. The van der Waals surface area contributed by atoms with Crippen molar-refractivity contribution in [2.75, 3.05) is 45.8 Å². The van der Waals surface area contributed by atoms with Crippen LogP contribution in [0.3, 0.4) is 0 Å². The maximum Gasteiger partial charge on any atom is 0.300 e. The number of quaternary nitrogens is 1. The number of hydrogen-bond donors (Lipinski definition) is 1. The van der Waals surface area contributed by atoms with Crippen LogP contribution in [0.2, 0.25) is 0 Å². The van der Waals surface area contributed by atoms with Crippen molar-refractivity contribution in [1.29, 1.82) is 0 Å². The third-order valence-electron chi connectivity index (χ3n) is 5.29. The molecule has 0 saturated carbocycles. The van der Waals surface area contributed by atoms with Crippen LogP contribution in [0.25, 0.3) is 0 Å². The van der Waals surface area contributed by atoms with Gasteiger partial charge in [0.1, 0.15) is 0 Å². The average molecular weight is 423 g/mol. The maximum absolute atomic E-state index is 9.00. The normalized spacial score (nSPS) is 10.4. The third kappa shape index (κ3) is 27.3. The van der Waals surface area contributed by atoms with E-state index >= 15 is 0 Å². The van der Waals surface area contributed by atoms with Gasteiger partial charge < -0.3 is 19.2 Å². The van der Waals surface area contributed by atoms with E-state index in [1.807, 2.05) is 0 Å². The second-order valence-electron chi connectivity index (χ2n) is 7.79. The van der Waals surface area contributed by atoms with E-state index in [4.69, 9.17) is 9.90 Å². The smallest absolute Gasteiger partial charge is 0.300 e. The summed E-state index contributed by atoms with van der Waals surface area (Å²) < 4.78 is 1.42. The molecule has 0 aliphatic carbocycles. The molecular formula is C24H55FN2O2. The standard InChI is InChI=1S/C16H36N.C6H15N.C2H4O2.FH/c1-5-9-13-17(14-10-6-2,15-11-7-3)16-12-8-4;1-4-7(5-2)6-3;1-2(3)4;/h5-16H2,1-4H3;4-6H2,1-3H3;1H3,(H,3,4);1H/q+1;;;/p-1. The van der Waals surface area contributed by atoms with Gasteiger partial charge in [-0.05, 0) is 45.3 Å². The first kappa shape index (κ1) is 35.7.